The number of rotatable bonds is 10. The Morgan fingerprint density at radius 2 is 1.55 bits per heavy atom. The maximum absolute atomic E-state index is 12.2. The SMILES string of the molecule is CNC(=O)c1cccc(NC(=O)CSCCOC(c2ccccc2)c2ccccc2)c1. The molecule has 0 bridgehead atoms. The molecule has 0 aliphatic rings. The van der Waals surface area contributed by atoms with E-state index in [2.05, 4.69) is 34.9 Å². The number of carbonyl (C=O) groups is 2. The average Bonchev–Trinajstić information content (AvgIpc) is 2.82. The molecule has 3 aromatic rings. The minimum atomic E-state index is -0.186. The van der Waals surface area contributed by atoms with Crippen molar-refractivity contribution in [1.82, 2.24) is 5.32 Å². The van der Waals surface area contributed by atoms with Gasteiger partial charge >= 0.3 is 0 Å². The van der Waals surface area contributed by atoms with E-state index in [0.717, 1.165) is 11.1 Å². The van der Waals surface area contributed by atoms with Gasteiger partial charge in [-0.1, -0.05) is 66.7 Å². The number of nitrogens with one attached hydrogen (secondary N) is 2. The number of anilines is 1. The lowest BCUT2D eigenvalue weighted by molar-refractivity contribution is -0.113. The van der Waals surface area contributed by atoms with Crippen molar-refractivity contribution in [2.45, 2.75) is 6.10 Å². The summed E-state index contributed by atoms with van der Waals surface area (Å²) in [5.41, 5.74) is 3.32. The molecule has 2 N–H and O–H groups in total. The fraction of sp³-hybridized carbons (Fsp3) is 0.200. The van der Waals surface area contributed by atoms with Gasteiger partial charge in [-0.25, -0.2) is 0 Å². The van der Waals surface area contributed by atoms with E-state index < -0.39 is 0 Å². The number of hydrogen-bond donors (Lipinski definition) is 2. The summed E-state index contributed by atoms with van der Waals surface area (Å²) in [4.78, 5) is 23.9. The number of carbonyl (C=O) groups excluding carboxylic acids is 2. The van der Waals surface area contributed by atoms with E-state index >= 15 is 0 Å². The molecule has 0 radical (unpaired) electrons. The highest BCUT2D eigenvalue weighted by molar-refractivity contribution is 7.99. The van der Waals surface area contributed by atoms with Gasteiger partial charge in [0.25, 0.3) is 5.91 Å². The summed E-state index contributed by atoms with van der Waals surface area (Å²) >= 11 is 1.51. The van der Waals surface area contributed by atoms with E-state index in [0.29, 0.717) is 29.4 Å². The van der Waals surface area contributed by atoms with Crippen LogP contribution in [0.2, 0.25) is 0 Å². The van der Waals surface area contributed by atoms with Crippen LogP contribution < -0.4 is 10.6 Å². The maximum atomic E-state index is 12.2. The molecule has 6 heteroatoms. The van der Waals surface area contributed by atoms with Crippen molar-refractivity contribution in [3.8, 4) is 0 Å². The van der Waals surface area contributed by atoms with Crippen LogP contribution in [0.15, 0.2) is 84.9 Å². The predicted molar refractivity (Wildman–Crippen MR) is 126 cm³/mol. The molecule has 0 spiro atoms. The number of ether oxygens (including phenoxy) is 1. The highest BCUT2D eigenvalue weighted by Gasteiger charge is 2.14. The van der Waals surface area contributed by atoms with Crippen molar-refractivity contribution in [3.05, 3.63) is 102 Å². The van der Waals surface area contributed by atoms with Crippen LogP contribution in [0.25, 0.3) is 0 Å². The Kier molecular flexibility index (Phi) is 8.70. The molecule has 0 atom stereocenters. The van der Waals surface area contributed by atoms with Gasteiger partial charge in [0, 0.05) is 24.1 Å². The Labute approximate surface area is 187 Å². The molecule has 3 aromatic carbocycles. The van der Waals surface area contributed by atoms with Crippen molar-refractivity contribution >= 4 is 29.3 Å². The fourth-order valence-electron chi connectivity index (χ4n) is 3.11. The Bertz CT molecular complexity index is 941. The first kappa shape index (κ1) is 22.6. The first-order chi connectivity index (χ1) is 15.2. The highest BCUT2D eigenvalue weighted by atomic mass is 32.2. The van der Waals surface area contributed by atoms with Crippen molar-refractivity contribution in [1.29, 1.82) is 0 Å². The quantitative estimate of drug-likeness (QED) is 0.460. The third kappa shape index (κ3) is 6.98. The van der Waals surface area contributed by atoms with Gasteiger partial charge in [-0.05, 0) is 29.3 Å². The number of amides is 2. The van der Waals surface area contributed by atoms with Crippen LogP contribution in [0.3, 0.4) is 0 Å². The number of thioether (sulfide) groups is 1. The molecule has 3 rings (SSSR count). The second-order valence-electron chi connectivity index (χ2n) is 6.83. The molecule has 2 amide bonds. The Hall–Kier alpha value is -3.09. The summed E-state index contributed by atoms with van der Waals surface area (Å²) in [7, 11) is 1.58. The van der Waals surface area contributed by atoms with Crippen LogP contribution in [0.5, 0.6) is 0 Å². The molecule has 0 aromatic heterocycles. The molecule has 0 saturated heterocycles. The topological polar surface area (TPSA) is 67.4 Å². The van der Waals surface area contributed by atoms with Crippen LogP contribution in [0.1, 0.15) is 27.6 Å². The zero-order valence-electron chi connectivity index (χ0n) is 17.4. The summed E-state index contributed by atoms with van der Waals surface area (Å²) in [6.45, 7) is 0.526. The highest BCUT2D eigenvalue weighted by Crippen LogP contribution is 2.26. The van der Waals surface area contributed by atoms with Crippen LogP contribution >= 0.6 is 11.8 Å². The largest absolute Gasteiger partial charge is 0.368 e. The molecular formula is C25H26N2O3S. The van der Waals surface area contributed by atoms with Gasteiger partial charge in [-0.2, -0.15) is 0 Å². The third-order valence-electron chi connectivity index (χ3n) is 4.59. The average molecular weight is 435 g/mol. The lowest BCUT2D eigenvalue weighted by atomic mass is 10.0. The van der Waals surface area contributed by atoms with Gasteiger partial charge in [-0.3, -0.25) is 9.59 Å². The Morgan fingerprint density at radius 3 is 2.16 bits per heavy atom. The first-order valence-corrected chi connectivity index (χ1v) is 11.2. The van der Waals surface area contributed by atoms with Gasteiger partial charge in [0.05, 0.1) is 12.4 Å². The van der Waals surface area contributed by atoms with E-state index in [1.165, 1.54) is 11.8 Å². The normalized spacial score (nSPS) is 10.6. The zero-order chi connectivity index (χ0) is 21.9. The molecule has 31 heavy (non-hydrogen) atoms. The Morgan fingerprint density at radius 1 is 0.903 bits per heavy atom. The van der Waals surface area contributed by atoms with Crippen molar-refractivity contribution in [2.75, 3.05) is 30.5 Å². The van der Waals surface area contributed by atoms with E-state index in [4.69, 9.17) is 4.74 Å². The molecular weight excluding hydrogens is 408 g/mol. The van der Waals surface area contributed by atoms with Crippen LogP contribution in [-0.4, -0.2) is 37.0 Å². The third-order valence-corrected chi connectivity index (χ3v) is 5.51. The molecule has 0 unspecified atom stereocenters. The molecule has 0 saturated carbocycles. The van der Waals surface area contributed by atoms with Crippen molar-refractivity contribution in [2.24, 2.45) is 0 Å². The van der Waals surface area contributed by atoms with Crippen molar-refractivity contribution in [3.63, 3.8) is 0 Å². The zero-order valence-corrected chi connectivity index (χ0v) is 18.2. The van der Waals surface area contributed by atoms with Gasteiger partial charge in [-0.15, -0.1) is 11.8 Å². The Balaban J connectivity index is 1.46. The van der Waals surface area contributed by atoms with Crippen LogP contribution in [0.4, 0.5) is 5.69 Å². The minimum absolute atomic E-state index is 0.110. The molecule has 160 valence electrons. The van der Waals surface area contributed by atoms with Gasteiger partial charge in [0.2, 0.25) is 5.91 Å². The molecule has 0 aliphatic heterocycles. The van der Waals surface area contributed by atoms with Gasteiger partial charge < -0.3 is 15.4 Å². The summed E-state index contributed by atoms with van der Waals surface area (Å²) in [6.07, 6.45) is -0.135. The second kappa shape index (κ2) is 11.9. The van der Waals surface area contributed by atoms with Crippen LogP contribution in [0, 0.1) is 0 Å². The smallest absolute Gasteiger partial charge is 0.251 e. The number of benzene rings is 3. The first-order valence-electron chi connectivity index (χ1n) is 10.1. The summed E-state index contributed by atoms with van der Waals surface area (Å²) < 4.78 is 6.17. The van der Waals surface area contributed by atoms with Crippen molar-refractivity contribution < 1.29 is 14.3 Å². The second-order valence-corrected chi connectivity index (χ2v) is 7.94. The lowest BCUT2D eigenvalue weighted by Crippen LogP contribution is -2.19. The van der Waals surface area contributed by atoms with E-state index in [1.54, 1.807) is 31.3 Å². The number of hydrogen-bond acceptors (Lipinski definition) is 4. The van der Waals surface area contributed by atoms with Gasteiger partial charge in [0.15, 0.2) is 0 Å². The standard InChI is InChI=1S/C25H26N2O3S/c1-26-25(29)21-13-8-14-22(17-21)27-23(28)18-31-16-15-30-24(19-9-4-2-5-10-19)20-11-6-3-7-12-20/h2-14,17,24H,15-16,18H2,1H3,(H,26,29)(H,27,28). The maximum Gasteiger partial charge on any atom is 0.251 e. The summed E-state index contributed by atoms with van der Waals surface area (Å²) in [5, 5.41) is 5.41. The minimum Gasteiger partial charge on any atom is -0.368 e. The summed E-state index contributed by atoms with van der Waals surface area (Å²) in [5.74, 6) is 0.715. The summed E-state index contributed by atoms with van der Waals surface area (Å²) in [6, 6.07) is 27.1. The van der Waals surface area contributed by atoms with Gasteiger partial charge in [0.1, 0.15) is 6.10 Å². The lowest BCUT2D eigenvalue weighted by Gasteiger charge is -2.19. The monoisotopic (exact) mass is 434 g/mol. The molecule has 0 aliphatic carbocycles. The van der Waals surface area contributed by atoms with E-state index in [1.807, 2.05) is 36.4 Å². The molecule has 0 fully saturated rings. The molecule has 0 heterocycles. The van der Waals surface area contributed by atoms with E-state index in [-0.39, 0.29) is 17.9 Å². The molecule has 5 nitrogen and oxygen atoms in total. The van der Waals surface area contributed by atoms with Crippen LogP contribution in [-0.2, 0) is 9.53 Å². The van der Waals surface area contributed by atoms with E-state index in [9.17, 15) is 9.59 Å². The predicted octanol–water partition coefficient (Wildman–Crippen LogP) is 4.52. The fourth-order valence-corrected chi connectivity index (χ4v) is 3.73.